The molecular formula is C64H112O6. The first kappa shape index (κ1) is 66.9. The summed E-state index contributed by atoms with van der Waals surface area (Å²) in [6.07, 6.45) is 74.6. The molecule has 0 spiro atoms. The van der Waals surface area contributed by atoms with Gasteiger partial charge in [0.1, 0.15) is 13.2 Å². The summed E-state index contributed by atoms with van der Waals surface area (Å²) in [5.41, 5.74) is 0. The van der Waals surface area contributed by atoms with Gasteiger partial charge in [-0.1, -0.05) is 261 Å². The van der Waals surface area contributed by atoms with E-state index in [1.165, 1.54) is 154 Å². The molecule has 0 rings (SSSR count). The molecule has 0 radical (unpaired) electrons. The van der Waals surface area contributed by atoms with E-state index in [1.807, 2.05) is 0 Å². The number of unbranched alkanes of at least 4 members (excludes halogenated alkanes) is 31. The van der Waals surface area contributed by atoms with Gasteiger partial charge in [-0.3, -0.25) is 14.4 Å². The lowest BCUT2D eigenvalue weighted by Crippen LogP contribution is -2.30. The predicted molar refractivity (Wildman–Crippen MR) is 302 cm³/mol. The molecule has 0 aliphatic rings. The van der Waals surface area contributed by atoms with Crippen LogP contribution < -0.4 is 0 Å². The fourth-order valence-corrected chi connectivity index (χ4v) is 8.47. The number of carbonyl (C=O) groups excluding carboxylic acids is 3. The molecule has 70 heavy (non-hydrogen) atoms. The molecule has 6 heteroatoms. The Kier molecular flexibility index (Phi) is 55.8. The van der Waals surface area contributed by atoms with Crippen LogP contribution in [0.25, 0.3) is 0 Å². The molecule has 0 N–H and O–H groups in total. The van der Waals surface area contributed by atoms with Gasteiger partial charge >= 0.3 is 17.9 Å². The molecule has 0 aromatic heterocycles. The Morgan fingerprint density at radius 2 is 0.557 bits per heavy atom. The first-order valence-electron chi connectivity index (χ1n) is 29.9. The summed E-state index contributed by atoms with van der Waals surface area (Å²) in [6.45, 7) is 6.52. The van der Waals surface area contributed by atoms with Crippen LogP contribution in [0.3, 0.4) is 0 Å². The second-order valence-electron chi connectivity index (χ2n) is 19.9. The average molecular weight is 978 g/mol. The number of hydrogen-bond acceptors (Lipinski definition) is 6. The van der Waals surface area contributed by atoms with Crippen LogP contribution in [0.4, 0.5) is 0 Å². The Balaban J connectivity index is 4.36. The molecule has 6 nitrogen and oxygen atoms in total. The van der Waals surface area contributed by atoms with Gasteiger partial charge in [-0.05, 0) is 89.9 Å². The zero-order chi connectivity index (χ0) is 50.7. The average Bonchev–Trinajstić information content (AvgIpc) is 3.36. The number of rotatable bonds is 54. The minimum absolute atomic E-state index is 0.0803. The molecule has 0 aromatic carbocycles. The third kappa shape index (κ3) is 55.8. The Bertz CT molecular complexity index is 1310. The Morgan fingerprint density at radius 3 is 0.871 bits per heavy atom. The Hall–Kier alpha value is -3.15. The molecule has 0 aromatic rings. The third-order valence-electron chi connectivity index (χ3n) is 12.9. The molecule has 0 saturated heterocycles. The summed E-state index contributed by atoms with van der Waals surface area (Å²) in [7, 11) is 0. The van der Waals surface area contributed by atoms with E-state index in [4.69, 9.17) is 14.2 Å². The number of ether oxygens (including phenoxy) is 3. The maximum atomic E-state index is 12.9. The third-order valence-corrected chi connectivity index (χ3v) is 12.9. The van der Waals surface area contributed by atoms with Gasteiger partial charge in [0, 0.05) is 19.3 Å². The van der Waals surface area contributed by atoms with Crippen molar-refractivity contribution in [3.8, 4) is 0 Å². The van der Waals surface area contributed by atoms with Crippen molar-refractivity contribution in [1.29, 1.82) is 0 Å². The van der Waals surface area contributed by atoms with Crippen molar-refractivity contribution in [2.24, 2.45) is 0 Å². The van der Waals surface area contributed by atoms with Gasteiger partial charge in [0.15, 0.2) is 6.10 Å². The number of allylic oxidation sites excluding steroid dienone is 12. The molecule has 0 heterocycles. The summed E-state index contributed by atoms with van der Waals surface area (Å²) >= 11 is 0. The van der Waals surface area contributed by atoms with Crippen LogP contribution in [0.1, 0.15) is 297 Å². The van der Waals surface area contributed by atoms with Crippen LogP contribution in [0.5, 0.6) is 0 Å². The van der Waals surface area contributed by atoms with E-state index < -0.39 is 6.10 Å². The zero-order valence-corrected chi connectivity index (χ0v) is 46.3. The van der Waals surface area contributed by atoms with E-state index in [-0.39, 0.29) is 31.1 Å². The van der Waals surface area contributed by atoms with E-state index in [0.29, 0.717) is 19.3 Å². The normalized spacial score (nSPS) is 12.6. The molecule has 404 valence electrons. The zero-order valence-electron chi connectivity index (χ0n) is 46.3. The second kappa shape index (κ2) is 58.4. The molecule has 0 aliphatic carbocycles. The summed E-state index contributed by atoms with van der Waals surface area (Å²) in [5, 5.41) is 0. The molecular weight excluding hydrogens is 865 g/mol. The summed E-state index contributed by atoms with van der Waals surface area (Å²) < 4.78 is 16.9. The fraction of sp³-hybridized carbons (Fsp3) is 0.766. The number of carbonyl (C=O) groups is 3. The summed E-state index contributed by atoms with van der Waals surface area (Å²) in [5.74, 6) is -0.888. The van der Waals surface area contributed by atoms with Crippen LogP contribution in [0.2, 0.25) is 0 Å². The smallest absolute Gasteiger partial charge is 0.306 e. The molecule has 0 fully saturated rings. The Labute approximate surface area is 433 Å². The van der Waals surface area contributed by atoms with Gasteiger partial charge in [-0.15, -0.1) is 0 Å². The minimum atomic E-state index is -0.784. The van der Waals surface area contributed by atoms with Gasteiger partial charge < -0.3 is 14.2 Å². The molecule has 0 bridgehead atoms. The Morgan fingerprint density at radius 1 is 0.300 bits per heavy atom. The number of hydrogen-bond donors (Lipinski definition) is 0. The van der Waals surface area contributed by atoms with Crippen molar-refractivity contribution in [3.63, 3.8) is 0 Å². The van der Waals surface area contributed by atoms with Crippen LogP contribution in [0.15, 0.2) is 72.9 Å². The van der Waals surface area contributed by atoms with E-state index in [9.17, 15) is 14.4 Å². The highest BCUT2D eigenvalue weighted by Crippen LogP contribution is 2.16. The lowest BCUT2D eigenvalue weighted by Gasteiger charge is -2.18. The summed E-state index contributed by atoms with van der Waals surface area (Å²) in [6, 6.07) is 0. The van der Waals surface area contributed by atoms with Crippen molar-refractivity contribution < 1.29 is 28.6 Å². The standard InChI is InChI=1S/C64H112O6/c1-4-7-10-13-16-19-22-25-27-29-31-32-34-35-37-39-42-45-48-51-54-57-63(66)69-60-61(59-68-62(65)56-53-50-47-44-41-24-21-18-15-12-9-6-3)70-64(67)58-55-52-49-46-43-40-38-36-33-30-28-26-23-20-17-14-11-8-5-2/h8,11,17,20,22,25-26,28-29,31,33,36,61H,4-7,9-10,12-16,18-19,21,23-24,27,30,32,34-35,37-60H2,1-3H3/b11-8-,20-17-,25-22-,28-26-,31-29-,36-33-. The van der Waals surface area contributed by atoms with Crippen LogP contribution >= 0.6 is 0 Å². The molecule has 0 saturated carbocycles. The van der Waals surface area contributed by atoms with Crippen molar-refractivity contribution in [2.75, 3.05) is 13.2 Å². The molecule has 0 amide bonds. The molecule has 0 aliphatic heterocycles. The highest BCUT2D eigenvalue weighted by atomic mass is 16.6. The monoisotopic (exact) mass is 977 g/mol. The first-order valence-corrected chi connectivity index (χ1v) is 29.9. The van der Waals surface area contributed by atoms with Crippen molar-refractivity contribution in [2.45, 2.75) is 303 Å². The maximum Gasteiger partial charge on any atom is 0.306 e. The van der Waals surface area contributed by atoms with E-state index in [2.05, 4.69) is 93.7 Å². The van der Waals surface area contributed by atoms with Crippen LogP contribution in [-0.4, -0.2) is 37.2 Å². The summed E-state index contributed by atoms with van der Waals surface area (Å²) in [4.78, 5) is 38.2. The topological polar surface area (TPSA) is 78.9 Å². The van der Waals surface area contributed by atoms with Gasteiger partial charge in [0.25, 0.3) is 0 Å². The fourth-order valence-electron chi connectivity index (χ4n) is 8.47. The predicted octanol–water partition coefficient (Wildman–Crippen LogP) is 20.2. The molecule has 1 atom stereocenters. The van der Waals surface area contributed by atoms with Gasteiger partial charge in [-0.2, -0.15) is 0 Å². The molecule has 1 unspecified atom stereocenters. The number of esters is 3. The largest absolute Gasteiger partial charge is 0.462 e. The lowest BCUT2D eigenvalue weighted by atomic mass is 10.0. The van der Waals surface area contributed by atoms with E-state index in [1.54, 1.807) is 0 Å². The second-order valence-corrected chi connectivity index (χ2v) is 19.9. The highest BCUT2D eigenvalue weighted by Gasteiger charge is 2.19. The van der Waals surface area contributed by atoms with Gasteiger partial charge in [0.05, 0.1) is 0 Å². The van der Waals surface area contributed by atoms with Crippen LogP contribution in [-0.2, 0) is 28.6 Å². The van der Waals surface area contributed by atoms with Crippen molar-refractivity contribution in [1.82, 2.24) is 0 Å². The maximum absolute atomic E-state index is 12.9. The minimum Gasteiger partial charge on any atom is -0.462 e. The first-order chi connectivity index (χ1) is 34.5. The highest BCUT2D eigenvalue weighted by molar-refractivity contribution is 5.71. The van der Waals surface area contributed by atoms with Crippen molar-refractivity contribution >= 4 is 17.9 Å². The van der Waals surface area contributed by atoms with Crippen LogP contribution in [0, 0.1) is 0 Å². The quantitative estimate of drug-likeness (QED) is 0.0261. The van der Waals surface area contributed by atoms with E-state index >= 15 is 0 Å². The van der Waals surface area contributed by atoms with E-state index in [0.717, 1.165) is 103 Å². The van der Waals surface area contributed by atoms with Gasteiger partial charge in [-0.25, -0.2) is 0 Å². The SMILES string of the molecule is CC/C=C\C/C=C\C/C=C\C/C=C\CCCCCCCCC(=O)OC(COC(=O)CCCCCCCCCCC/C=C\C/C=C\CCCCCCC)COC(=O)CCCCCCCCCCCCCC. The lowest BCUT2D eigenvalue weighted by molar-refractivity contribution is -0.167. The van der Waals surface area contributed by atoms with Gasteiger partial charge in [0.2, 0.25) is 0 Å². The van der Waals surface area contributed by atoms with Crippen molar-refractivity contribution in [3.05, 3.63) is 72.9 Å².